The Morgan fingerprint density at radius 3 is 2.42 bits per heavy atom. The minimum atomic E-state index is -1.04. The van der Waals surface area contributed by atoms with Gasteiger partial charge in [-0.3, -0.25) is 4.79 Å². The van der Waals surface area contributed by atoms with Crippen molar-refractivity contribution in [3.63, 3.8) is 0 Å². The molecule has 1 aromatic rings. The molecular weight excluding hydrogens is 332 g/mol. The van der Waals surface area contributed by atoms with Gasteiger partial charge in [-0.2, -0.15) is 5.26 Å². The summed E-state index contributed by atoms with van der Waals surface area (Å²) in [7, 11) is 2.11. The molecule has 7 heteroatoms. The lowest BCUT2D eigenvalue weighted by Crippen LogP contribution is -2.44. The van der Waals surface area contributed by atoms with Crippen molar-refractivity contribution in [2.24, 2.45) is 0 Å². The zero-order valence-electron chi connectivity index (χ0n) is 15.3. The zero-order valence-corrected chi connectivity index (χ0v) is 15.3. The van der Waals surface area contributed by atoms with Crippen molar-refractivity contribution in [2.75, 3.05) is 51.3 Å². The van der Waals surface area contributed by atoms with E-state index in [0.29, 0.717) is 5.57 Å². The molecule has 1 heterocycles. The van der Waals surface area contributed by atoms with Gasteiger partial charge in [-0.1, -0.05) is 12.1 Å². The van der Waals surface area contributed by atoms with Gasteiger partial charge in [0.05, 0.1) is 12.7 Å². The van der Waals surface area contributed by atoms with Crippen LogP contribution in [0.4, 0.5) is 5.69 Å². The van der Waals surface area contributed by atoms with E-state index >= 15 is 0 Å². The number of aliphatic hydroxyl groups excluding tert-OH is 2. The number of piperazine rings is 1. The van der Waals surface area contributed by atoms with Crippen molar-refractivity contribution >= 4 is 17.2 Å². The normalized spacial score (nSPS) is 17.3. The van der Waals surface area contributed by atoms with Crippen molar-refractivity contribution in [1.29, 1.82) is 5.26 Å². The lowest BCUT2D eigenvalue weighted by atomic mass is 10.0. The lowest BCUT2D eigenvalue weighted by molar-refractivity contribution is -0.117. The average Bonchev–Trinajstić information content (AvgIpc) is 2.67. The molecule has 1 atom stereocenters. The van der Waals surface area contributed by atoms with Crippen molar-refractivity contribution in [3.8, 4) is 6.07 Å². The van der Waals surface area contributed by atoms with Gasteiger partial charge < -0.3 is 25.3 Å². The SMILES string of the molecule is C/C(=C(/C#N)C(=O)NCC(O)CO)c1ccc(N2CCN(C)CC2)cc1. The molecule has 0 aliphatic carbocycles. The van der Waals surface area contributed by atoms with Crippen LogP contribution in [0.25, 0.3) is 5.57 Å². The van der Waals surface area contributed by atoms with Crippen LogP contribution < -0.4 is 10.2 Å². The fourth-order valence-corrected chi connectivity index (χ4v) is 2.80. The number of aliphatic hydroxyl groups is 2. The van der Waals surface area contributed by atoms with Gasteiger partial charge in [-0.15, -0.1) is 0 Å². The molecule has 1 amide bonds. The quantitative estimate of drug-likeness (QED) is 0.496. The summed E-state index contributed by atoms with van der Waals surface area (Å²) in [5.41, 5.74) is 2.51. The molecule has 0 aromatic heterocycles. The predicted octanol–water partition coefficient (Wildman–Crippen LogP) is 0.205. The number of anilines is 1. The largest absolute Gasteiger partial charge is 0.394 e. The topological polar surface area (TPSA) is 99.8 Å². The van der Waals surface area contributed by atoms with E-state index in [0.717, 1.165) is 37.4 Å². The molecule has 26 heavy (non-hydrogen) atoms. The number of rotatable bonds is 6. The number of nitriles is 1. The Balaban J connectivity index is 2.11. The molecule has 1 saturated heterocycles. The Labute approximate surface area is 154 Å². The highest BCUT2D eigenvalue weighted by Gasteiger charge is 2.17. The molecule has 7 nitrogen and oxygen atoms in total. The third-order valence-electron chi connectivity index (χ3n) is 4.59. The minimum absolute atomic E-state index is 0.00230. The summed E-state index contributed by atoms with van der Waals surface area (Å²) >= 11 is 0. The molecular formula is C19H26N4O3. The van der Waals surface area contributed by atoms with Gasteiger partial charge in [-0.05, 0) is 37.2 Å². The van der Waals surface area contributed by atoms with E-state index in [1.165, 1.54) is 0 Å². The summed E-state index contributed by atoms with van der Waals surface area (Å²) in [5.74, 6) is -0.555. The molecule has 0 saturated carbocycles. The Morgan fingerprint density at radius 1 is 1.27 bits per heavy atom. The Hall–Kier alpha value is -2.40. The summed E-state index contributed by atoms with van der Waals surface area (Å²) in [4.78, 5) is 16.8. The molecule has 1 fully saturated rings. The van der Waals surface area contributed by atoms with Crippen molar-refractivity contribution in [1.82, 2.24) is 10.2 Å². The number of hydrogen-bond donors (Lipinski definition) is 3. The smallest absolute Gasteiger partial charge is 0.262 e. The van der Waals surface area contributed by atoms with Crippen LogP contribution in [0.5, 0.6) is 0 Å². The van der Waals surface area contributed by atoms with Crippen molar-refractivity contribution < 1.29 is 15.0 Å². The van der Waals surface area contributed by atoms with Gasteiger partial charge in [-0.25, -0.2) is 0 Å². The molecule has 140 valence electrons. The number of allylic oxidation sites excluding steroid dienone is 1. The molecule has 1 unspecified atom stereocenters. The number of nitrogens with one attached hydrogen (secondary N) is 1. The van der Waals surface area contributed by atoms with Crippen LogP contribution in [0.2, 0.25) is 0 Å². The molecule has 0 spiro atoms. The third kappa shape index (κ3) is 5.05. The summed E-state index contributed by atoms with van der Waals surface area (Å²) < 4.78 is 0. The van der Waals surface area contributed by atoms with Gasteiger partial charge in [0.2, 0.25) is 0 Å². The van der Waals surface area contributed by atoms with Crippen molar-refractivity contribution in [3.05, 3.63) is 35.4 Å². The number of benzene rings is 1. The van der Waals surface area contributed by atoms with E-state index in [1.807, 2.05) is 30.3 Å². The predicted molar refractivity (Wildman–Crippen MR) is 100 cm³/mol. The second kappa shape index (κ2) is 9.34. The van der Waals surface area contributed by atoms with E-state index in [2.05, 4.69) is 22.2 Å². The number of carbonyl (C=O) groups excluding carboxylic acids is 1. The molecule has 1 aliphatic rings. The Bertz CT molecular complexity index is 686. The number of amides is 1. The van der Waals surface area contributed by atoms with E-state index in [-0.39, 0.29) is 12.1 Å². The highest BCUT2D eigenvalue weighted by molar-refractivity contribution is 6.04. The summed E-state index contributed by atoms with van der Waals surface area (Å²) in [6.07, 6.45) is -1.04. The minimum Gasteiger partial charge on any atom is -0.394 e. The summed E-state index contributed by atoms with van der Waals surface area (Å²) in [6.45, 7) is 5.19. The number of nitrogens with zero attached hydrogens (tertiary/aromatic N) is 3. The highest BCUT2D eigenvalue weighted by atomic mass is 16.3. The van der Waals surface area contributed by atoms with E-state index < -0.39 is 18.6 Å². The lowest BCUT2D eigenvalue weighted by Gasteiger charge is -2.34. The maximum absolute atomic E-state index is 12.2. The van der Waals surface area contributed by atoms with Crippen LogP contribution in [-0.4, -0.2) is 73.5 Å². The molecule has 1 aliphatic heterocycles. The van der Waals surface area contributed by atoms with Gasteiger partial charge in [0.15, 0.2) is 0 Å². The van der Waals surface area contributed by atoms with Crippen molar-refractivity contribution in [2.45, 2.75) is 13.0 Å². The number of carbonyl (C=O) groups is 1. The second-order valence-electron chi connectivity index (χ2n) is 6.50. The molecule has 0 radical (unpaired) electrons. The highest BCUT2D eigenvalue weighted by Crippen LogP contribution is 2.23. The molecule has 0 bridgehead atoms. The third-order valence-corrected chi connectivity index (χ3v) is 4.59. The average molecular weight is 358 g/mol. The first-order valence-corrected chi connectivity index (χ1v) is 8.68. The van der Waals surface area contributed by atoms with Gasteiger partial charge >= 0.3 is 0 Å². The van der Waals surface area contributed by atoms with E-state index in [4.69, 9.17) is 5.11 Å². The van der Waals surface area contributed by atoms with Gasteiger partial charge in [0.25, 0.3) is 5.91 Å². The van der Waals surface area contributed by atoms with Gasteiger partial charge in [0.1, 0.15) is 11.6 Å². The standard InChI is InChI=1S/C19H26N4O3/c1-14(18(11-20)19(26)21-12-17(25)13-24)15-3-5-16(6-4-15)23-9-7-22(2)8-10-23/h3-6,17,24-25H,7-10,12-13H2,1-2H3,(H,21,26)/b18-14+. The van der Waals surface area contributed by atoms with E-state index in [9.17, 15) is 15.2 Å². The summed E-state index contributed by atoms with van der Waals surface area (Å²) in [5, 5.41) is 29.9. The fourth-order valence-electron chi connectivity index (χ4n) is 2.80. The van der Waals surface area contributed by atoms with E-state index in [1.54, 1.807) is 6.92 Å². The maximum Gasteiger partial charge on any atom is 0.262 e. The Morgan fingerprint density at radius 2 is 1.88 bits per heavy atom. The molecule has 3 N–H and O–H groups in total. The maximum atomic E-state index is 12.2. The summed E-state index contributed by atoms with van der Waals surface area (Å²) in [6, 6.07) is 9.77. The molecule has 1 aromatic carbocycles. The van der Waals surface area contributed by atoms with Crippen LogP contribution in [-0.2, 0) is 4.79 Å². The van der Waals surface area contributed by atoms with Crippen LogP contribution in [0.3, 0.4) is 0 Å². The van der Waals surface area contributed by atoms with Crippen LogP contribution in [0, 0.1) is 11.3 Å². The van der Waals surface area contributed by atoms with Crippen LogP contribution in [0.1, 0.15) is 12.5 Å². The number of likely N-dealkylation sites (N-methyl/N-ethyl adjacent to an activating group) is 1. The number of hydrogen-bond acceptors (Lipinski definition) is 6. The Kier molecular flexibility index (Phi) is 7.16. The van der Waals surface area contributed by atoms with Crippen LogP contribution in [0.15, 0.2) is 29.8 Å². The first kappa shape index (κ1) is 19.9. The van der Waals surface area contributed by atoms with Gasteiger partial charge in [0, 0.05) is 38.4 Å². The second-order valence-corrected chi connectivity index (χ2v) is 6.50. The fraction of sp³-hybridized carbons (Fsp3) is 0.474. The molecule has 2 rings (SSSR count). The monoisotopic (exact) mass is 358 g/mol. The van der Waals surface area contributed by atoms with Crippen LogP contribution >= 0.6 is 0 Å². The first-order chi connectivity index (χ1) is 12.5. The first-order valence-electron chi connectivity index (χ1n) is 8.68. The zero-order chi connectivity index (χ0) is 19.1.